The van der Waals surface area contributed by atoms with E-state index in [1.807, 2.05) is 53.4 Å². The highest BCUT2D eigenvalue weighted by molar-refractivity contribution is 6.31. The Labute approximate surface area is 269 Å². The van der Waals surface area contributed by atoms with E-state index in [1.165, 1.54) is 12.1 Å². The summed E-state index contributed by atoms with van der Waals surface area (Å²) >= 11 is 6.34. The van der Waals surface area contributed by atoms with Gasteiger partial charge < -0.3 is 20.4 Å². The van der Waals surface area contributed by atoms with Crippen LogP contribution in [0.25, 0.3) is 0 Å². The predicted octanol–water partition coefficient (Wildman–Crippen LogP) is 4.69. The Morgan fingerprint density at radius 2 is 1.71 bits per heavy atom. The minimum absolute atomic E-state index is 0.0296. The monoisotopic (exact) mass is 630 g/mol. The molecule has 2 fully saturated rings. The summed E-state index contributed by atoms with van der Waals surface area (Å²) in [6, 6.07) is 19.8. The van der Waals surface area contributed by atoms with E-state index < -0.39 is 18.1 Å². The lowest BCUT2D eigenvalue weighted by Crippen LogP contribution is -2.63. The number of amides is 3. The van der Waals surface area contributed by atoms with Gasteiger partial charge in [-0.3, -0.25) is 14.4 Å². The number of piperazine rings is 1. The minimum Gasteiger partial charge on any atom is -0.343 e. The van der Waals surface area contributed by atoms with Crippen molar-refractivity contribution in [3.8, 4) is 0 Å². The maximum Gasteiger partial charge on any atom is 0.246 e. The van der Waals surface area contributed by atoms with E-state index in [0.29, 0.717) is 44.9 Å². The van der Waals surface area contributed by atoms with Crippen LogP contribution in [-0.2, 0) is 40.2 Å². The van der Waals surface area contributed by atoms with Gasteiger partial charge in [-0.2, -0.15) is 0 Å². The molecule has 9 heteroatoms. The molecule has 0 spiro atoms. The highest BCUT2D eigenvalue weighted by atomic mass is 35.5. The Hall–Kier alpha value is -3.75. The first-order valence-corrected chi connectivity index (χ1v) is 16.4. The standard InChI is InChI=1S/C36H40ClFN4O3/c37-30-10-4-3-6-26(30)9-5-17-41-18-19-42(33(36(41)45)21-25-11-12-25)35(44)32(20-24-13-15-29(38)16-14-24)40-34(43)31-22-27-7-1-2-8-28(27)23-39-31/h1-4,6-8,10,13-16,25,31-33,39H,5,9,11-12,17-23H2,(H,40,43). The van der Waals surface area contributed by atoms with E-state index in [4.69, 9.17) is 11.6 Å². The molecule has 236 valence electrons. The van der Waals surface area contributed by atoms with Crippen LogP contribution in [0.2, 0.25) is 5.02 Å². The lowest BCUT2D eigenvalue weighted by atomic mass is 9.95. The van der Waals surface area contributed by atoms with Crippen LogP contribution in [0, 0.1) is 11.7 Å². The first-order chi connectivity index (χ1) is 21.9. The third-order valence-electron chi connectivity index (χ3n) is 9.32. The summed E-state index contributed by atoms with van der Waals surface area (Å²) in [5.41, 5.74) is 4.07. The highest BCUT2D eigenvalue weighted by Gasteiger charge is 2.42. The summed E-state index contributed by atoms with van der Waals surface area (Å²) in [6.07, 6.45) is 5.02. The van der Waals surface area contributed by atoms with E-state index in [0.717, 1.165) is 53.0 Å². The largest absolute Gasteiger partial charge is 0.343 e. The molecule has 3 amide bonds. The van der Waals surface area contributed by atoms with Gasteiger partial charge in [0.1, 0.15) is 17.9 Å². The van der Waals surface area contributed by atoms with Crippen LogP contribution in [0.1, 0.15) is 47.9 Å². The van der Waals surface area contributed by atoms with E-state index in [2.05, 4.69) is 10.6 Å². The molecule has 3 aromatic carbocycles. The van der Waals surface area contributed by atoms with Gasteiger partial charge in [0.15, 0.2) is 0 Å². The Morgan fingerprint density at radius 3 is 2.47 bits per heavy atom. The maximum absolute atomic E-state index is 14.3. The number of hydrogen-bond acceptors (Lipinski definition) is 4. The molecule has 3 atom stereocenters. The van der Waals surface area contributed by atoms with Gasteiger partial charge in [0, 0.05) is 37.6 Å². The molecule has 1 saturated carbocycles. The number of carbonyl (C=O) groups excluding carboxylic acids is 3. The number of hydrogen-bond donors (Lipinski definition) is 2. The summed E-state index contributed by atoms with van der Waals surface area (Å²) in [5, 5.41) is 7.06. The summed E-state index contributed by atoms with van der Waals surface area (Å²) in [5.74, 6) is -0.490. The third-order valence-corrected chi connectivity index (χ3v) is 9.69. The second-order valence-electron chi connectivity index (χ2n) is 12.5. The number of carbonyl (C=O) groups is 3. The molecule has 2 N–H and O–H groups in total. The van der Waals surface area contributed by atoms with Crippen LogP contribution in [0.4, 0.5) is 4.39 Å². The Morgan fingerprint density at radius 1 is 0.978 bits per heavy atom. The SMILES string of the molecule is O=C(NC(Cc1ccc(F)cc1)C(=O)N1CCN(CCCc2ccccc2Cl)C(=O)C1CC1CC1)C1Cc2ccccc2CN1. The predicted molar refractivity (Wildman–Crippen MR) is 172 cm³/mol. The summed E-state index contributed by atoms with van der Waals surface area (Å²) in [7, 11) is 0. The second-order valence-corrected chi connectivity index (χ2v) is 13.0. The average molecular weight is 631 g/mol. The Bertz CT molecular complexity index is 1530. The fourth-order valence-corrected chi connectivity index (χ4v) is 6.78. The maximum atomic E-state index is 14.3. The van der Waals surface area contributed by atoms with E-state index in [9.17, 15) is 18.8 Å². The Kier molecular flexibility index (Phi) is 9.81. The first-order valence-electron chi connectivity index (χ1n) is 16.0. The van der Waals surface area contributed by atoms with Crippen LogP contribution in [-0.4, -0.2) is 65.3 Å². The molecule has 7 nitrogen and oxygen atoms in total. The van der Waals surface area contributed by atoms with E-state index in [1.54, 1.807) is 17.0 Å². The van der Waals surface area contributed by atoms with Gasteiger partial charge in [-0.25, -0.2) is 4.39 Å². The number of aryl methyl sites for hydroxylation is 1. The normalized spacial score (nSPS) is 20.4. The van der Waals surface area contributed by atoms with Crippen LogP contribution < -0.4 is 10.6 Å². The molecule has 1 aliphatic carbocycles. The molecule has 2 heterocycles. The molecule has 45 heavy (non-hydrogen) atoms. The topological polar surface area (TPSA) is 81.8 Å². The van der Waals surface area contributed by atoms with Crippen molar-refractivity contribution in [1.82, 2.24) is 20.4 Å². The number of benzene rings is 3. The van der Waals surface area contributed by atoms with Gasteiger partial charge in [-0.05, 0) is 72.1 Å². The summed E-state index contributed by atoms with van der Waals surface area (Å²) in [6.45, 7) is 2.00. The molecular weight excluding hydrogens is 591 g/mol. The van der Waals surface area contributed by atoms with Crippen molar-refractivity contribution in [3.63, 3.8) is 0 Å². The zero-order valence-electron chi connectivity index (χ0n) is 25.4. The number of nitrogens with zero attached hydrogens (tertiary/aromatic N) is 2. The van der Waals surface area contributed by atoms with Gasteiger partial charge in [0.25, 0.3) is 0 Å². The van der Waals surface area contributed by atoms with E-state index >= 15 is 0 Å². The third kappa shape index (κ3) is 7.74. The molecule has 3 unspecified atom stereocenters. The molecule has 3 aliphatic rings. The molecular formula is C36H40ClFN4O3. The van der Waals surface area contributed by atoms with E-state index in [-0.39, 0.29) is 30.0 Å². The van der Waals surface area contributed by atoms with Crippen molar-refractivity contribution in [1.29, 1.82) is 0 Å². The molecule has 3 aromatic rings. The van der Waals surface area contributed by atoms with Gasteiger partial charge in [0.2, 0.25) is 17.7 Å². The highest BCUT2D eigenvalue weighted by Crippen LogP contribution is 2.36. The smallest absolute Gasteiger partial charge is 0.246 e. The van der Waals surface area contributed by atoms with Crippen molar-refractivity contribution >= 4 is 29.3 Å². The first kappa shape index (κ1) is 31.2. The molecule has 0 bridgehead atoms. The molecule has 2 aliphatic heterocycles. The lowest BCUT2D eigenvalue weighted by molar-refractivity contribution is -0.153. The second kappa shape index (κ2) is 14.1. The molecule has 0 aromatic heterocycles. The van der Waals surface area contributed by atoms with Gasteiger partial charge in [-0.15, -0.1) is 0 Å². The number of rotatable bonds is 11. The number of halogens is 2. The molecule has 6 rings (SSSR count). The average Bonchev–Trinajstić information content (AvgIpc) is 3.88. The quantitative estimate of drug-likeness (QED) is 0.322. The van der Waals surface area contributed by atoms with Crippen molar-refractivity contribution < 1.29 is 18.8 Å². The fraction of sp³-hybridized carbons (Fsp3) is 0.417. The molecule has 1 saturated heterocycles. The van der Waals surface area contributed by atoms with Crippen LogP contribution >= 0.6 is 11.6 Å². The van der Waals surface area contributed by atoms with Crippen LogP contribution in [0.5, 0.6) is 0 Å². The zero-order chi connectivity index (χ0) is 31.3. The zero-order valence-corrected chi connectivity index (χ0v) is 26.1. The summed E-state index contributed by atoms with van der Waals surface area (Å²) < 4.78 is 13.7. The number of nitrogens with one attached hydrogen (secondary N) is 2. The van der Waals surface area contributed by atoms with Crippen LogP contribution in [0.15, 0.2) is 72.8 Å². The fourth-order valence-electron chi connectivity index (χ4n) is 6.55. The summed E-state index contributed by atoms with van der Waals surface area (Å²) in [4.78, 5) is 45.4. The van der Waals surface area contributed by atoms with Gasteiger partial charge >= 0.3 is 0 Å². The van der Waals surface area contributed by atoms with Gasteiger partial charge in [0.05, 0.1) is 6.04 Å². The minimum atomic E-state index is -0.886. The molecule has 0 radical (unpaired) electrons. The van der Waals surface area contributed by atoms with Gasteiger partial charge in [-0.1, -0.05) is 79.0 Å². The number of fused-ring (bicyclic) bond motifs is 1. The van der Waals surface area contributed by atoms with Crippen molar-refractivity contribution in [2.75, 3.05) is 19.6 Å². The van der Waals surface area contributed by atoms with Crippen molar-refractivity contribution in [2.24, 2.45) is 5.92 Å². The lowest BCUT2D eigenvalue weighted by Gasteiger charge is -2.42. The van der Waals surface area contributed by atoms with Crippen molar-refractivity contribution in [3.05, 3.63) is 106 Å². The van der Waals surface area contributed by atoms with Crippen molar-refractivity contribution in [2.45, 2.75) is 69.6 Å². The Balaban J connectivity index is 1.17. The van der Waals surface area contributed by atoms with Crippen LogP contribution in [0.3, 0.4) is 0 Å².